The van der Waals surface area contributed by atoms with Crippen molar-refractivity contribution in [3.8, 4) is 27.4 Å². The van der Waals surface area contributed by atoms with E-state index in [1.165, 1.54) is 59.5 Å². The summed E-state index contributed by atoms with van der Waals surface area (Å²) in [5, 5.41) is 6.13. The monoisotopic (exact) mass is 709 g/mol. The number of benzene rings is 8. The second-order valence-electron chi connectivity index (χ2n) is 14.8. The van der Waals surface area contributed by atoms with Gasteiger partial charge in [0.05, 0.1) is 21.3 Å². The first-order valence-electron chi connectivity index (χ1n) is 18.6. The van der Waals surface area contributed by atoms with Crippen LogP contribution in [0.25, 0.3) is 70.2 Å². The lowest BCUT2D eigenvalue weighted by Gasteiger charge is -2.27. The summed E-state index contributed by atoms with van der Waals surface area (Å²) >= 11 is 1.79. The van der Waals surface area contributed by atoms with Crippen LogP contribution in [0.3, 0.4) is 0 Å². The minimum atomic E-state index is -0.168. The van der Waals surface area contributed by atoms with E-state index < -0.39 is 0 Å². The molecule has 4 heteroatoms. The van der Waals surface area contributed by atoms with E-state index in [2.05, 4.69) is 199 Å². The molecule has 256 valence electrons. The molecule has 54 heavy (non-hydrogen) atoms. The topological polar surface area (TPSA) is 21.1 Å². The molecule has 3 nitrogen and oxygen atoms in total. The van der Waals surface area contributed by atoms with Crippen molar-refractivity contribution < 1.29 is 0 Å². The summed E-state index contributed by atoms with van der Waals surface area (Å²) < 4.78 is 3.63. The fourth-order valence-corrected chi connectivity index (χ4v) is 10.0. The summed E-state index contributed by atoms with van der Waals surface area (Å²) in [4.78, 5) is 7.46. The highest BCUT2D eigenvalue weighted by Crippen LogP contribution is 2.54. The number of anilines is 3. The Labute approximate surface area is 318 Å². The average Bonchev–Trinajstić information content (AvgIpc) is 3.88. The van der Waals surface area contributed by atoms with E-state index in [1.807, 2.05) is 0 Å². The van der Waals surface area contributed by atoms with Gasteiger partial charge >= 0.3 is 0 Å². The van der Waals surface area contributed by atoms with Crippen LogP contribution in [0, 0.1) is 0 Å². The zero-order valence-corrected chi connectivity index (χ0v) is 30.8. The van der Waals surface area contributed by atoms with Crippen molar-refractivity contribution in [2.45, 2.75) is 19.3 Å². The largest absolute Gasteiger partial charge is 0.310 e. The van der Waals surface area contributed by atoms with Crippen molar-refractivity contribution in [2.24, 2.45) is 0 Å². The van der Waals surface area contributed by atoms with Gasteiger partial charge in [-0.1, -0.05) is 123 Å². The molecule has 0 bridgehead atoms. The van der Waals surface area contributed by atoms with Crippen LogP contribution in [0.2, 0.25) is 0 Å². The molecular weight excluding hydrogens is 675 g/mol. The molecule has 0 saturated carbocycles. The first-order valence-corrected chi connectivity index (χ1v) is 19.4. The number of hydrogen-bond donors (Lipinski definition) is 0. The van der Waals surface area contributed by atoms with E-state index in [9.17, 15) is 0 Å². The van der Waals surface area contributed by atoms with E-state index in [0.29, 0.717) is 0 Å². The van der Waals surface area contributed by atoms with Gasteiger partial charge in [0.2, 0.25) is 0 Å². The van der Waals surface area contributed by atoms with Gasteiger partial charge in [-0.05, 0) is 94.4 Å². The maximum Gasteiger partial charge on any atom is 0.124 e. The van der Waals surface area contributed by atoms with Crippen molar-refractivity contribution in [2.75, 3.05) is 4.90 Å². The fourth-order valence-electron chi connectivity index (χ4n) is 8.95. The van der Waals surface area contributed by atoms with E-state index >= 15 is 0 Å². The number of rotatable bonds is 5. The van der Waals surface area contributed by atoms with Crippen LogP contribution in [0.15, 0.2) is 176 Å². The van der Waals surface area contributed by atoms with Gasteiger partial charge in [0, 0.05) is 49.9 Å². The molecule has 2 aromatic heterocycles. The minimum Gasteiger partial charge on any atom is -0.310 e. The third-order valence-corrected chi connectivity index (χ3v) is 12.5. The Morgan fingerprint density at radius 3 is 2.00 bits per heavy atom. The molecule has 0 saturated heterocycles. The molecule has 0 unspecified atom stereocenters. The van der Waals surface area contributed by atoms with Crippen molar-refractivity contribution in [1.82, 2.24) is 9.55 Å². The first kappa shape index (κ1) is 31.1. The van der Waals surface area contributed by atoms with Gasteiger partial charge in [-0.25, -0.2) is 4.98 Å². The van der Waals surface area contributed by atoms with Crippen LogP contribution < -0.4 is 4.90 Å². The van der Waals surface area contributed by atoms with Gasteiger partial charge in [0.15, 0.2) is 0 Å². The second kappa shape index (κ2) is 11.8. The lowest BCUT2D eigenvalue weighted by Crippen LogP contribution is -2.16. The predicted octanol–water partition coefficient (Wildman–Crippen LogP) is 14.0. The molecule has 0 atom stereocenters. The number of fused-ring (bicyclic) bond motifs is 10. The highest BCUT2D eigenvalue weighted by Gasteiger charge is 2.37. The van der Waals surface area contributed by atoms with Crippen molar-refractivity contribution in [3.63, 3.8) is 0 Å². The molecule has 0 spiro atoms. The van der Waals surface area contributed by atoms with Gasteiger partial charge in [-0.2, -0.15) is 0 Å². The summed E-state index contributed by atoms with van der Waals surface area (Å²) in [6.07, 6.45) is 0. The number of thiazole rings is 1. The van der Waals surface area contributed by atoms with Gasteiger partial charge < -0.3 is 9.47 Å². The first-order chi connectivity index (χ1) is 26.5. The minimum absolute atomic E-state index is 0.168. The Bertz CT molecular complexity index is 3070. The molecule has 0 N–H and O–H groups in total. The van der Waals surface area contributed by atoms with Crippen LogP contribution in [0.1, 0.15) is 25.0 Å². The van der Waals surface area contributed by atoms with E-state index in [-0.39, 0.29) is 5.41 Å². The normalized spacial score (nSPS) is 13.1. The van der Waals surface area contributed by atoms with Crippen LogP contribution in [0.4, 0.5) is 17.1 Å². The van der Waals surface area contributed by atoms with E-state index in [4.69, 9.17) is 4.98 Å². The lowest BCUT2D eigenvalue weighted by atomic mass is 9.80. The predicted molar refractivity (Wildman–Crippen MR) is 229 cm³/mol. The van der Waals surface area contributed by atoms with E-state index in [1.54, 1.807) is 11.3 Å². The van der Waals surface area contributed by atoms with Crippen LogP contribution in [-0.4, -0.2) is 9.55 Å². The summed E-state index contributed by atoms with van der Waals surface area (Å²) in [5.41, 5.74) is 14.4. The van der Waals surface area contributed by atoms with Crippen LogP contribution in [0.5, 0.6) is 0 Å². The number of nitrogens with zero attached hydrogens (tertiary/aromatic N) is 3. The summed E-state index contributed by atoms with van der Waals surface area (Å²) in [6, 6.07) is 63.9. The maximum absolute atomic E-state index is 5.06. The summed E-state index contributed by atoms with van der Waals surface area (Å²) in [6.45, 7) is 4.77. The Hall–Kier alpha value is -6.49. The standard InChI is InChI=1S/C50H35N3S/c1-50(2)43-27-22-35(30-41(43)39-24-25-40-38(47(39)50)26-28-44-48(40)54-49(51-44)32-14-6-3-7-15-32)52(33-16-8-4-9-17-33)36-23-29-46-42(31-36)37-20-12-13-21-45(37)53(46)34-18-10-5-11-19-34/h3-31H,1-2H3. The SMILES string of the molecule is CC1(C)c2ccc(N(c3ccccc3)c3ccc4c(c3)c3ccccc3n4-c3ccccc3)cc2-c2ccc3c(ccc4nc(-c5ccccc5)sc43)c21. The molecule has 10 aromatic rings. The van der Waals surface area contributed by atoms with Gasteiger partial charge in [0.1, 0.15) is 5.01 Å². The number of aromatic nitrogens is 2. The Morgan fingerprint density at radius 2 is 1.19 bits per heavy atom. The Morgan fingerprint density at radius 1 is 0.519 bits per heavy atom. The lowest BCUT2D eigenvalue weighted by molar-refractivity contribution is 0.666. The van der Waals surface area contributed by atoms with Gasteiger partial charge in [-0.3, -0.25) is 0 Å². The zero-order valence-electron chi connectivity index (χ0n) is 30.0. The molecule has 2 heterocycles. The second-order valence-corrected chi connectivity index (χ2v) is 15.8. The average molecular weight is 710 g/mol. The molecule has 11 rings (SSSR count). The van der Waals surface area contributed by atoms with Crippen LogP contribution >= 0.6 is 11.3 Å². The molecule has 1 aliphatic carbocycles. The number of hydrogen-bond acceptors (Lipinski definition) is 3. The van der Waals surface area contributed by atoms with Gasteiger partial charge in [0.25, 0.3) is 0 Å². The molecule has 0 radical (unpaired) electrons. The molecule has 1 aliphatic rings. The van der Waals surface area contributed by atoms with Crippen molar-refractivity contribution in [3.05, 3.63) is 187 Å². The summed E-state index contributed by atoms with van der Waals surface area (Å²) in [7, 11) is 0. The third-order valence-electron chi connectivity index (χ3n) is 11.4. The highest BCUT2D eigenvalue weighted by molar-refractivity contribution is 7.22. The summed E-state index contributed by atoms with van der Waals surface area (Å²) in [5.74, 6) is 0. The Balaban J connectivity index is 1.08. The van der Waals surface area contributed by atoms with Gasteiger partial charge in [-0.15, -0.1) is 11.3 Å². The third kappa shape index (κ3) is 4.57. The van der Waals surface area contributed by atoms with E-state index in [0.717, 1.165) is 38.8 Å². The molecule has 0 fully saturated rings. The molecule has 0 aliphatic heterocycles. The smallest absolute Gasteiger partial charge is 0.124 e. The molecular formula is C50H35N3S. The fraction of sp³-hybridized carbons (Fsp3) is 0.0600. The van der Waals surface area contributed by atoms with Crippen LogP contribution in [-0.2, 0) is 5.41 Å². The number of para-hydroxylation sites is 3. The quantitative estimate of drug-likeness (QED) is 0.177. The highest BCUT2D eigenvalue weighted by atomic mass is 32.1. The molecule has 8 aromatic carbocycles. The Kier molecular flexibility index (Phi) is 6.77. The van der Waals surface area contributed by atoms with Crippen molar-refractivity contribution >= 4 is 71.2 Å². The maximum atomic E-state index is 5.06. The molecule has 0 amide bonds. The zero-order chi connectivity index (χ0) is 36.0. The van der Waals surface area contributed by atoms with Crippen molar-refractivity contribution in [1.29, 1.82) is 0 Å².